The quantitative estimate of drug-likeness (QED) is 0.439. The van der Waals surface area contributed by atoms with E-state index in [0.717, 1.165) is 44.4 Å². The topological polar surface area (TPSA) is 48.9 Å². The largest absolute Gasteiger partial charge is 0.373 e. The van der Waals surface area contributed by atoms with Crippen LogP contribution >= 0.6 is 0 Å². The van der Waals surface area contributed by atoms with E-state index in [1.807, 2.05) is 7.05 Å². The number of likely N-dealkylation sites (tertiary alicyclic amines) is 1. The van der Waals surface area contributed by atoms with Crippen molar-refractivity contribution >= 4 is 5.96 Å². The molecule has 2 aliphatic rings. The van der Waals surface area contributed by atoms with E-state index < -0.39 is 0 Å². The van der Waals surface area contributed by atoms with Crippen molar-refractivity contribution < 1.29 is 4.74 Å². The lowest BCUT2D eigenvalue weighted by molar-refractivity contribution is 0.0915. The Kier molecular flexibility index (Phi) is 7.96. The first-order valence-corrected chi connectivity index (χ1v) is 10.6. The second-order valence-corrected chi connectivity index (χ2v) is 8.01. The molecule has 3 rings (SSSR count). The number of benzene rings is 1. The number of ether oxygens (including phenoxy) is 1. The van der Waals surface area contributed by atoms with E-state index in [2.05, 4.69) is 57.8 Å². The van der Waals surface area contributed by atoms with Crippen LogP contribution in [-0.4, -0.2) is 57.2 Å². The third-order valence-corrected chi connectivity index (χ3v) is 5.92. The molecule has 150 valence electrons. The number of hydrogen-bond donors (Lipinski definition) is 2. The Bertz CT molecular complexity index is 569. The monoisotopic (exact) mass is 372 g/mol. The highest BCUT2D eigenvalue weighted by Crippen LogP contribution is 2.33. The molecule has 2 heterocycles. The number of aliphatic imine (C=N–C) groups is 1. The molecule has 0 aromatic heterocycles. The van der Waals surface area contributed by atoms with E-state index in [9.17, 15) is 0 Å². The maximum atomic E-state index is 5.98. The molecule has 2 N–H and O–H groups in total. The second kappa shape index (κ2) is 10.7. The van der Waals surface area contributed by atoms with Gasteiger partial charge in [0.15, 0.2) is 5.96 Å². The fourth-order valence-electron chi connectivity index (χ4n) is 4.10. The number of piperidine rings is 1. The molecule has 2 unspecified atom stereocenters. The highest BCUT2D eigenvalue weighted by atomic mass is 16.5. The van der Waals surface area contributed by atoms with E-state index >= 15 is 0 Å². The van der Waals surface area contributed by atoms with E-state index in [-0.39, 0.29) is 6.10 Å². The molecule has 0 saturated carbocycles. The molecule has 2 saturated heterocycles. The molecule has 0 aliphatic carbocycles. The number of rotatable bonds is 7. The summed E-state index contributed by atoms with van der Waals surface area (Å²) >= 11 is 0. The fourth-order valence-corrected chi connectivity index (χ4v) is 4.10. The van der Waals surface area contributed by atoms with Crippen LogP contribution in [0.3, 0.4) is 0 Å². The molecule has 5 nitrogen and oxygen atoms in total. The smallest absolute Gasteiger partial charge is 0.190 e. The van der Waals surface area contributed by atoms with E-state index in [0.29, 0.717) is 5.92 Å². The average Bonchev–Trinajstić information content (AvgIpc) is 3.18. The van der Waals surface area contributed by atoms with Gasteiger partial charge in [-0.2, -0.15) is 0 Å². The summed E-state index contributed by atoms with van der Waals surface area (Å²) in [6.45, 7) is 8.77. The molecule has 2 aliphatic heterocycles. The highest BCUT2D eigenvalue weighted by molar-refractivity contribution is 5.79. The van der Waals surface area contributed by atoms with Crippen LogP contribution in [0, 0.1) is 11.8 Å². The second-order valence-electron chi connectivity index (χ2n) is 8.01. The molecule has 27 heavy (non-hydrogen) atoms. The lowest BCUT2D eigenvalue weighted by atomic mass is 9.95. The summed E-state index contributed by atoms with van der Waals surface area (Å²) < 4.78 is 5.98. The molecule has 0 bridgehead atoms. The van der Waals surface area contributed by atoms with Crippen molar-refractivity contribution in [3.8, 4) is 0 Å². The van der Waals surface area contributed by atoms with Gasteiger partial charge in [0.25, 0.3) is 0 Å². The molecular weight excluding hydrogens is 336 g/mol. The summed E-state index contributed by atoms with van der Waals surface area (Å²) in [4.78, 5) is 6.98. The normalized spacial score (nSPS) is 24.9. The predicted octanol–water partition coefficient (Wildman–Crippen LogP) is 3.05. The van der Waals surface area contributed by atoms with Crippen LogP contribution in [-0.2, 0) is 4.74 Å². The van der Waals surface area contributed by atoms with Crippen LogP contribution in [0.1, 0.15) is 44.3 Å². The minimum absolute atomic E-state index is 0.193. The van der Waals surface area contributed by atoms with Gasteiger partial charge < -0.3 is 20.3 Å². The number of nitrogens with zero attached hydrogens (tertiary/aromatic N) is 2. The number of hydrogen-bond acceptors (Lipinski definition) is 3. The zero-order chi connectivity index (χ0) is 18.9. The SMILES string of the molecule is CN=C(NCCCN1CCC(C)CC1)NCC1CCOC1c1ccccc1. The third kappa shape index (κ3) is 6.22. The Balaban J connectivity index is 1.35. The average molecular weight is 373 g/mol. The summed E-state index contributed by atoms with van der Waals surface area (Å²) in [5.74, 6) is 2.30. The first-order chi connectivity index (χ1) is 13.3. The minimum Gasteiger partial charge on any atom is -0.373 e. The van der Waals surface area contributed by atoms with Gasteiger partial charge in [0, 0.05) is 32.7 Å². The van der Waals surface area contributed by atoms with E-state index in [1.54, 1.807) is 0 Å². The highest BCUT2D eigenvalue weighted by Gasteiger charge is 2.29. The molecule has 0 amide bonds. The zero-order valence-electron chi connectivity index (χ0n) is 17.0. The van der Waals surface area contributed by atoms with Crippen molar-refractivity contribution in [2.24, 2.45) is 16.8 Å². The third-order valence-electron chi connectivity index (χ3n) is 5.92. The molecule has 0 spiro atoms. The van der Waals surface area contributed by atoms with Gasteiger partial charge in [0.05, 0.1) is 6.10 Å². The van der Waals surface area contributed by atoms with E-state index in [1.165, 1.54) is 38.0 Å². The van der Waals surface area contributed by atoms with Crippen molar-refractivity contribution in [2.75, 3.05) is 46.4 Å². The Morgan fingerprint density at radius 2 is 1.93 bits per heavy atom. The summed E-state index contributed by atoms with van der Waals surface area (Å²) in [5.41, 5.74) is 1.28. The molecular formula is C22H36N4O. The van der Waals surface area contributed by atoms with Crippen LogP contribution in [0.15, 0.2) is 35.3 Å². The Morgan fingerprint density at radius 3 is 2.67 bits per heavy atom. The van der Waals surface area contributed by atoms with Crippen molar-refractivity contribution in [2.45, 2.75) is 38.7 Å². The van der Waals surface area contributed by atoms with Crippen LogP contribution in [0.25, 0.3) is 0 Å². The van der Waals surface area contributed by atoms with Gasteiger partial charge >= 0.3 is 0 Å². The lowest BCUT2D eigenvalue weighted by Gasteiger charge is -2.30. The first-order valence-electron chi connectivity index (χ1n) is 10.6. The van der Waals surface area contributed by atoms with Crippen molar-refractivity contribution in [3.63, 3.8) is 0 Å². The van der Waals surface area contributed by atoms with Crippen LogP contribution in [0.2, 0.25) is 0 Å². The van der Waals surface area contributed by atoms with Crippen LogP contribution < -0.4 is 10.6 Å². The summed E-state index contributed by atoms with van der Waals surface area (Å²) in [5, 5.41) is 6.97. The fraction of sp³-hybridized carbons (Fsp3) is 0.682. The Hall–Kier alpha value is -1.59. The summed E-state index contributed by atoms with van der Waals surface area (Å²) in [6.07, 6.45) is 5.15. The van der Waals surface area contributed by atoms with Gasteiger partial charge in [-0.25, -0.2) is 0 Å². The van der Waals surface area contributed by atoms with Crippen LogP contribution in [0.5, 0.6) is 0 Å². The molecule has 2 fully saturated rings. The van der Waals surface area contributed by atoms with Crippen molar-refractivity contribution in [1.29, 1.82) is 0 Å². The molecule has 1 aromatic rings. The number of guanidine groups is 1. The van der Waals surface area contributed by atoms with Crippen LogP contribution in [0.4, 0.5) is 0 Å². The minimum atomic E-state index is 0.193. The van der Waals surface area contributed by atoms with Gasteiger partial charge in [0.1, 0.15) is 0 Å². The standard InChI is InChI=1S/C22H36N4O/c1-18-9-14-26(15-10-18)13-6-12-24-22(23-2)25-17-20-11-16-27-21(20)19-7-4-3-5-8-19/h3-5,7-8,18,20-21H,6,9-17H2,1-2H3,(H2,23,24,25). The summed E-state index contributed by atoms with van der Waals surface area (Å²) in [7, 11) is 1.85. The Morgan fingerprint density at radius 1 is 1.15 bits per heavy atom. The summed E-state index contributed by atoms with van der Waals surface area (Å²) in [6, 6.07) is 10.6. The molecule has 1 aromatic carbocycles. The molecule has 0 radical (unpaired) electrons. The van der Waals surface area contributed by atoms with Gasteiger partial charge in [-0.05, 0) is 56.8 Å². The van der Waals surface area contributed by atoms with Crippen molar-refractivity contribution in [1.82, 2.24) is 15.5 Å². The van der Waals surface area contributed by atoms with Gasteiger partial charge in [-0.3, -0.25) is 4.99 Å². The molecule has 5 heteroatoms. The number of nitrogens with one attached hydrogen (secondary N) is 2. The zero-order valence-corrected chi connectivity index (χ0v) is 17.0. The van der Waals surface area contributed by atoms with Gasteiger partial charge in [-0.1, -0.05) is 37.3 Å². The predicted molar refractivity (Wildman–Crippen MR) is 112 cm³/mol. The Labute approximate surface area is 164 Å². The van der Waals surface area contributed by atoms with E-state index in [4.69, 9.17) is 4.74 Å². The maximum absolute atomic E-state index is 5.98. The van der Waals surface area contributed by atoms with Crippen molar-refractivity contribution in [3.05, 3.63) is 35.9 Å². The van der Waals surface area contributed by atoms with Gasteiger partial charge in [-0.15, -0.1) is 0 Å². The van der Waals surface area contributed by atoms with Gasteiger partial charge in [0.2, 0.25) is 0 Å². The maximum Gasteiger partial charge on any atom is 0.190 e. The first kappa shape index (κ1) is 20.2. The lowest BCUT2D eigenvalue weighted by Crippen LogP contribution is -2.41. The molecule has 2 atom stereocenters.